The van der Waals surface area contributed by atoms with Gasteiger partial charge in [-0.2, -0.15) is 0 Å². The molecular formula is C12H11NS3. The normalized spacial score (nSPS) is 10.4. The van der Waals surface area contributed by atoms with Crippen LogP contribution in [0.5, 0.6) is 0 Å². The van der Waals surface area contributed by atoms with Gasteiger partial charge in [0.25, 0.3) is 0 Å². The minimum atomic E-state index is 0.985. The van der Waals surface area contributed by atoms with Gasteiger partial charge in [-0.3, -0.25) is 5.14 Å². The smallest absolute Gasteiger partial charge is 0.0226 e. The van der Waals surface area contributed by atoms with Crippen LogP contribution < -0.4 is 5.14 Å². The summed E-state index contributed by atoms with van der Waals surface area (Å²) in [5.74, 6) is 0. The van der Waals surface area contributed by atoms with E-state index in [1.54, 1.807) is 11.8 Å². The molecule has 0 atom stereocenters. The summed E-state index contributed by atoms with van der Waals surface area (Å²) in [7, 11) is 0. The molecule has 0 aromatic heterocycles. The minimum Gasteiger partial charge on any atom is -0.274 e. The second-order valence-corrected chi connectivity index (χ2v) is 5.56. The van der Waals surface area contributed by atoms with Gasteiger partial charge in [-0.1, -0.05) is 11.8 Å². The van der Waals surface area contributed by atoms with Crippen LogP contribution in [0.25, 0.3) is 0 Å². The molecule has 2 rings (SSSR count). The van der Waals surface area contributed by atoms with E-state index in [2.05, 4.69) is 36.9 Å². The van der Waals surface area contributed by atoms with E-state index in [9.17, 15) is 0 Å². The molecule has 2 aromatic rings. The molecule has 0 aliphatic rings. The van der Waals surface area contributed by atoms with Crippen molar-refractivity contribution in [2.45, 2.75) is 19.6 Å². The van der Waals surface area contributed by atoms with Crippen molar-refractivity contribution in [1.29, 1.82) is 0 Å². The predicted octanol–water partition coefficient (Wildman–Crippen LogP) is 4.09. The molecule has 0 aliphatic carbocycles. The summed E-state index contributed by atoms with van der Waals surface area (Å²) in [4.78, 5) is 4.49. The Morgan fingerprint density at radius 3 is 1.69 bits per heavy atom. The Kier molecular flexibility index (Phi) is 4.23. The highest BCUT2D eigenvalue weighted by Gasteiger charge is 1.97. The van der Waals surface area contributed by atoms with E-state index in [4.69, 9.17) is 5.14 Å². The molecule has 0 aliphatic heterocycles. The van der Waals surface area contributed by atoms with Crippen LogP contribution >= 0.6 is 36.3 Å². The molecule has 2 aromatic carbocycles. The monoisotopic (exact) mass is 265 g/mol. The first-order valence-corrected chi connectivity index (χ1v) is 6.86. The Balaban J connectivity index is 2.11. The molecule has 0 bridgehead atoms. The highest BCUT2D eigenvalue weighted by Crippen LogP contribution is 2.29. The molecule has 0 radical (unpaired) electrons. The fourth-order valence-corrected chi connectivity index (χ4v) is 2.50. The second kappa shape index (κ2) is 5.68. The molecule has 1 nitrogen and oxygen atoms in total. The van der Waals surface area contributed by atoms with Crippen molar-refractivity contribution in [2.75, 3.05) is 0 Å². The fraction of sp³-hybridized carbons (Fsp3) is 0. The third-order valence-electron chi connectivity index (χ3n) is 2.03. The predicted molar refractivity (Wildman–Crippen MR) is 74.3 cm³/mol. The molecule has 2 N–H and O–H groups in total. The van der Waals surface area contributed by atoms with Gasteiger partial charge in [0.05, 0.1) is 0 Å². The Bertz CT molecular complexity index is 451. The van der Waals surface area contributed by atoms with Gasteiger partial charge in [-0.25, -0.2) is 0 Å². The minimum absolute atomic E-state index is 0.985. The number of hydrogen-bond donors (Lipinski definition) is 2. The van der Waals surface area contributed by atoms with Crippen LogP contribution in [0.4, 0.5) is 0 Å². The summed E-state index contributed by atoms with van der Waals surface area (Å²) >= 11 is 7.26. The molecule has 0 saturated carbocycles. The molecule has 0 spiro atoms. The lowest BCUT2D eigenvalue weighted by Crippen LogP contribution is -1.79. The Morgan fingerprint density at radius 2 is 1.19 bits per heavy atom. The number of hydrogen-bond acceptors (Lipinski definition) is 4. The highest BCUT2D eigenvalue weighted by molar-refractivity contribution is 7.99. The maximum atomic E-state index is 5.47. The van der Waals surface area contributed by atoms with Gasteiger partial charge in [-0.15, -0.1) is 12.6 Å². The van der Waals surface area contributed by atoms with Crippen LogP contribution in [-0.2, 0) is 0 Å². The fourth-order valence-electron chi connectivity index (χ4n) is 1.24. The number of benzene rings is 2. The van der Waals surface area contributed by atoms with Gasteiger partial charge in [0.1, 0.15) is 0 Å². The lowest BCUT2D eigenvalue weighted by Gasteiger charge is -2.02. The Morgan fingerprint density at radius 1 is 0.750 bits per heavy atom. The number of rotatable bonds is 3. The first-order valence-electron chi connectivity index (χ1n) is 4.71. The van der Waals surface area contributed by atoms with Crippen LogP contribution in [0.1, 0.15) is 0 Å². The van der Waals surface area contributed by atoms with Gasteiger partial charge in [-0.05, 0) is 60.5 Å². The van der Waals surface area contributed by atoms with E-state index in [1.165, 1.54) is 21.7 Å². The number of nitrogens with two attached hydrogens (primary N) is 1. The van der Waals surface area contributed by atoms with Gasteiger partial charge >= 0.3 is 0 Å². The van der Waals surface area contributed by atoms with Crippen molar-refractivity contribution in [3.8, 4) is 0 Å². The van der Waals surface area contributed by atoms with E-state index in [0.717, 1.165) is 9.79 Å². The average Bonchev–Trinajstić information content (AvgIpc) is 2.33. The Labute approximate surface area is 109 Å². The lowest BCUT2D eigenvalue weighted by molar-refractivity contribution is 1.32. The molecule has 82 valence electrons. The summed E-state index contributed by atoms with van der Waals surface area (Å²) in [6.07, 6.45) is 0. The largest absolute Gasteiger partial charge is 0.274 e. The molecule has 16 heavy (non-hydrogen) atoms. The molecule has 0 amide bonds. The van der Waals surface area contributed by atoms with Crippen molar-refractivity contribution in [3.05, 3.63) is 48.5 Å². The van der Waals surface area contributed by atoms with E-state index in [0.29, 0.717) is 0 Å². The van der Waals surface area contributed by atoms with Gasteiger partial charge < -0.3 is 0 Å². The molecule has 0 saturated heterocycles. The third kappa shape index (κ3) is 3.22. The molecular weight excluding hydrogens is 254 g/mol. The molecule has 0 heterocycles. The van der Waals surface area contributed by atoms with Crippen LogP contribution in [-0.4, -0.2) is 0 Å². The topological polar surface area (TPSA) is 26.0 Å². The first-order chi connectivity index (χ1) is 7.78. The van der Waals surface area contributed by atoms with Crippen LogP contribution in [0.2, 0.25) is 0 Å². The second-order valence-electron chi connectivity index (χ2n) is 3.19. The zero-order valence-corrected chi connectivity index (χ0v) is 11.0. The zero-order chi connectivity index (χ0) is 11.4. The Hall–Kier alpha value is -0.550. The van der Waals surface area contributed by atoms with Crippen molar-refractivity contribution in [3.63, 3.8) is 0 Å². The van der Waals surface area contributed by atoms with Crippen molar-refractivity contribution < 1.29 is 0 Å². The van der Waals surface area contributed by atoms with Gasteiger partial charge in [0, 0.05) is 19.6 Å². The maximum absolute atomic E-state index is 5.47. The summed E-state index contributed by atoms with van der Waals surface area (Å²) in [5, 5.41) is 5.47. The summed E-state index contributed by atoms with van der Waals surface area (Å²) in [6.45, 7) is 0. The number of thiol groups is 1. The molecule has 4 heteroatoms. The zero-order valence-electron chi connectivity index (χ0n) is 8.46. The summed E-state index contributed by atoms with van der Waals surface area (Å²) in [6, 6.07) is 16.3. The first kappa shape index (κ1) is 11.9. The van der Waals surface area contributed by atoms with Crippen LogP contribution in [0.3, 0.4) is 0 Å². The van der Waals surface area contributed by atoms with E-state index < -0.39 is 0 Å². The SMILES string of the molecule is NSc1ccc(Sc2ccc(S)cc2)cc1. The van der Waals surface area contributed by atoms with Crippen molar-refractivity contribution in [1.82, 2.24) is 0 Å². The van der Waals surface area contributed by atoms with Crippen molar-refractivity contribution in [2.24, 2.45) is 5.14 Å². The van der Waals surface area contributed by atoms with Crippen LogP contribution in [0.15, 0.2) is 68.1 Å². The van der Waals surface area contributed by atoms with E-state index in [-0.39, 0.29) is 0 Å². The summed E-state index contributed by atoms with van der Waals surface area (Å²) in [5.41, 5.74) is 0. The van der Waals surface area contributed by atoms with E-state index >= 15 is 0 Å². The van der Waals surface area contributed by atoms with Crippen molar-refractivity contribution >= 4 is 36.3 Å². The summed E-state index contributed by atoms with van der Waals surface area (Å²) < 4.78 is 0. The highest BCUT2D eigenvalue weighted by atomic mass is 32.2. The van der Waals surface area contributed by atoms with Gasteiger partial charge in [0.2, 0.25) is 0 Å². The quantitative estimate of drug-likeness (QED) is 0.646. The van der Waals surface area contributed by atoms with Crippen LogP contribution in [0, 0.1) is 0 Å². The third-order valence-corrected chi connectivity index (χ3v) is 3.89. The molecule has 0 fully saturated rings. The standard InChI is InChI=1S/C12H11NS3/c13-16-12-7-5-11(6-8-12)15-10-3-1-9(14)2-4-10/h1-8,14H,13H2. The lowest BCUT2D eigenvalue weighted by atomic mass is 10.4. The molecule has 0 unspecified atom stereocenters. The average molecular weight is 265 g/mol. The van der Waals surface area contributed by atoms with E-state index in [1.807, 2.05) is 24.3 Å². The maximum Gasteiger partial charge on any atom is 0.0226 e. The van der Waals surface area contributed by atoms with Gasteiger partial charge in [0.15, 0.2) is 0 Å².